The third-order valence-electron chi connectivity index (χ3n) is 4.57. The van der Waals surface area contributed by atoms with E-state index in [1.54, 1.807) is 12.1 Å². The number of carbonyl (C=O) groups is 1. The molecular weight excluding hydrogens is 573 g/mol. The number of nitrogens with zero attached hydrogens (tertiary/aromatic N) is 2. The number of amides is 1. The maximum absolute atomic E-state index is 12.6. The van der Waals surface area contributed by atoms with Gasteiger partial charge in [-0.15, -0.1) is 0 Å². The Morgan fingerprint density at radius 1 is 1.24 bits per heavy atom. The van der Waals surface area contributed by atoms with Crippen LogP contribution in [0.1, 0.15) is 11.1 Å². The van der Waals surface area contributed by atoms with Gasteiger partial charge in [-0.05, 0) is 58.0 Å². The smallest absolute Gasteiger partial charge is 0.271 e. The fraction of sp³-hybridized carbons (Fsp3) is 0.0833. The van der Waals surface area contributed by atoms with E-state index in [0.717, 1.165) is 15.2 Å². The fourth-order valence-electron chi connectivity index (χ4n) is 2.92. The number of nitriles is 1. The van der Waals surface area contributed by atoms with E-state index >= 15 is 0 Å². The van der Waals surface area contributed by atoms with Crippen molar-refractivity contribution in [2.75, 3.05) is 12.4 Å². The zero-order chi connectivity index (χ0) is 24.7. The highest BCUT2D eigenvalue weighted by atomic mass is 127. The highest BCUT2D eigenvalue weighted by molar-refractivity contribution is 14.1. The van der Waals surface area contributed by atoms with Crippen molar-refractivity contribution in [3.8, 4) is 17.6 Å². The highest BCUT2D eigenvalue weighted by Gasteiger charge is 2.16. The Bertz CT molecular complexity index is 1310. The van der Waals surface area contributed by atoms with Crippen LogP contribution in [0.5, 0.6) is 11.5 Å². The lowest BCUT2D eigenvalue weighted by Gasteiger charge is -2.14. The lowest BCUT2D eigenvalue weighted by atomic mass is 10.1. The van der Waals surface area contributed by atoms with Crippen molar-refractivity contribution in [3.05, 3.63) is 96.1 Å². The summed E-state index contributed by atoms with van der Waals surface area (Å²) in [5.41, 5.74) is 1.29. The molecule has 0 radical (unpaired) electrons. The van der Waals surface area contributed by atoms with E-state index in [1.807, 2.05) is 36.4 Å². The number of hydrogen-bond acceptors (Lipinski definition) is 6. The van der Waals surface area contributed by atoms with Gasteiger partial charge in [-0.25, -0.2) is 0 Å². The molecule has 3 aromatic carbocycles. The Morgan fingerprint density at radius 3 is 2.59 bits per heavy atom. The average Bonchev–Trinajstić information content (AvgIpc) is 2.83. The lowest BCUT2D eigenvalue weighted by Crippen LogP contribution is -2.13. The maximum atomic E-state index is 12.6. The summed E-state index contributed by atoms with van der Waals surface area (Å²) >= 11 is 8.12. The molecule has 0 fully saturated rings. The van der Waals surface area contributed by atoms with Crippen molar-refractivity contribution in [2.24, 2.45) is 0 Å². The van der Waals surface area contributed by atoms with Crippen LogP contribution in [0.25, 0.3) is 6.08 Å². The molecule has 3 rings (SSSR count). The SMILES string of the molecule is COc1cc(/C=C(\C#N)C(=O)Nc2ccc([N+](=O)[O-])cc2Cl)cc(I)c1OCc1ccccc1. The first-order valence-corrected chi connectivity index (χ1v) is 11.2. The number of rotatable bonds is 8. The van der Waals surface area contributed by atoms with Crippen LogP contribution in [0.3, 0.4) is 0 Å². The van der Waals surface area contributed by atoms with E-state index in [4.69, 9.17) is 21.1 Å². The predicted molar refractivity (Wildman–Crippen MR) is 137 cm³/mol. The first-order valence-electron chi connectivity index (χ1n) is 9.73. The first kappa shape index (κ1) is 25.0. The summed E-state index contributed by atoms with van der Waals surface area (Å²) in [4.78, 5) is 22.9. The van der Waals surface area contributed by atoms with Gasteiger partial charge < -0.3 is 14.8 Å². The van der Waals surface area contributed by atoms with Crippen LogP contribution in [0.4, 0.5) is 11.4 Å². The molecule has 1 amide bonds. The van der Waals surface area contributed by atoms with E-state index in [1.165, 1.54) is 25.3 Å². The number of hydrogen-bond donors (Lipinski definition) is 1. The molecule has 0 heterocycles. The van der Waals surface area contributed by atoms with E-state index in [-0.39, 0.29) is 22.0 Å². The summed E-state index contributed by atoms with van der Waals surface area (Å²) in [6.45, 7) is 0.351. The topological polar surface area (TPSA) is 114 Å². The number of nitro groups is 1. The summed E-state index contributed by atoms with van der Waals surface area (Å²) in [6.07, 6.45) is 1.40. The standard InChI is InChI=1S/C24H17ClIN3O5/c1-33-22-11-16(10-20(26)23(22)34-14-15-5-3-2-4-6-15)9-17(13-27)24(30)28-21-8-7-18(29(31)32)12-19(21)25/h2-12H,14H2,1H3,(H,28,30)/b17-9+. The molecule has 0 saturated heterocycles. The van der Waals surface area contributed by atoms with E-state index < -0.39 is 10.8 Å². The number of halogens is 2. The third-order valence-corrected chi connectivity index (χ3v) is 5.68. The molecule has 0 atom stereocenters. The number of ether oxygens (including phenoxy) is 2. The van der Waals surface area contributed by atoms with Crippen LogP contribution in [0.2, 0.25) is 5.02 Å². The number of nitro benzene ring substituents is 1. The van der Waals surface area contributed by atoms with Gasteiger partial charge in [-0.2, -0.15) is 5.26 Å². The number of carbonyl (C=O) groups excluding carboxylic acids is 1. The molecular formula is C24H17ClIN3O5. The average molecular weight is 590 g/mol. The predicted octanol–water partition coefficient (Wildman–Crippen LogP) is 5.99. The fourth-order valence-corrected chi connectivity index (χ4v) is 3.92. The summed E-state index contributed by atoms with van der Waals surface area (Å²) in [6, 6.07) is 18.6. The molecule has 0 aliphatic rings. The largest absolute Gasteiger partial charge is 0.493 e. The minimum absolute atomic E-state index is 0.0176. The summed E-state index contributed by atoms with van der Waals surface area (Å²) in [5.74, 6) is 0.284. The number of benzene rings is 3. The van der Waals surface area contributed by atoms with Crippen LogP contribution in [0.15, 0.2) is 66.2 Å². The third kappa shape index (κ3) is 6.24. The zero-order valence-corrected chi connectivity index (χ0v) is 20.7. The van der Waals surface area contributed by atoms with Crippen molar-refractivity contribution in [1.82, 2.24) is 0 Å². The summed E-state index contributed by atoms with van der Waals surface area (Å²) < 4.78 is 12.1. The lowest BCUT2D eigenvalue weighted by molar-refractivity contribution is -0.384. The molecule has 8 nitrogen and oxygen atoms in total. The minimum Gasteiger partial charge on any atom is -0.493 e. The summed E-state index contributed by atoms with van der Waals surface area (Å²) in [5, 5.41) is 22.9. The molecule has 10 heteroatoms. The summed E-state index contributed by atoms with van der Waals surface area (Å²) in [7, 11) is 1.50. The normalized spacial score (nSPS) is 10.8. The van der Waals surface area contributed by atoms with Crippen molar-refractivity contribution in [1.29, 1.82) is 5.26 Å². The monoisotopic (exact) mass is 589 g/mol. The number of non-ortho nitro benzene ring substituents is 1. The van der Waals surface area contributed by atoms with Gasteiger partial charge in [-0.1, -0.05) is 41.9 Å². The van der Waals surface area contributed by atoms with Crippen LogP contribution < -0.4 is 14.8 Å². The Kier molecular flexibility index (Phi) is 8.45. The van der Waals surface area contributed by atoms with Gasteiger partial charge in [0.2, 0.25) is 0 Å². The van der Waals surface area contributed by atoms with Crippen LogP contribution >= 0.6 is 34.2 Å². The molecule has 34 heavy (non-hydrogen) atoms. The Balaban J connectivity index is 1.82. The minimum atomic E-state index is -0.711. The van der Waals surface area contributed by atoms with E-state index in [0.29, 0.717) is 23.7 Å². The van der Waals surface area contributed by atoms with Gasteiger partial charge in [0.1, 0.15) is 18.2 Å². The van der Waals surface area contributed by atoms with Gasteiger partial charge in [0.25, 0.3) is 11.6 Å². The van der Waals surface area contributed by atoms with Gasteiger partial charge in [0.15, 0.2) is 11.5 Å². The van der Waals surface area contributed by atoms with Crippen LogP contribution in [0, 0.1) is 25.0 Å². The number of methoxy groups -OCH3 is 1. The molecule has 172 valence electrons. The molecule has 0 aliphatic carbocycles. The Labute approximate surface area is 214 Å². The zero-order valence-electron chi connectivity index (χ0n) is 17.7. The molecule has 0 unspecified atom stereocenters. The highest BCUT2D eigenvalue weighted by Crippen LogP contribution is 2.35. The molecule has 0 spiro atoms. The molecule has 0 saturated carbocycles. The Hall–Kier alpha value is -3.62. The second-order valence-corrected chi connectivity index (χ2v) is 8.42. The molecule has 1 N–H and O–H groups in total. The van der Waals surface area contributed by atoms with Crippen molar-refractivity contribution in [3.63, 3.8) is 0 Å². The molecule has 0 aliphatic heterocycles. The maximum Gasteiger partial charge on any atom is 0.271 e. The van der Waals surface area contributed by atoms with Crippen LogP contribution in [-0.2, 0) is 11.4 Å². The van der Waals surface area contributed by atoms with Crippen LogP contribution in [-0.4, -0.2) is 17.9 Å². The second-order valence-electron chi connectivity index (χ2n) is 6.85. The second kappa shape index (κ2) is 11.5. The van der Waals surface area contributed by atoms with E-state index in [9.17, 15) is 20.2 Å². The molecule has 0 aromatic heterocycles. The van der Waals surface area contributed by atoms with Gasteiger partial charge in [0.05, 0.1) is 26.3 Å². The first-order chi connectivity index (χ1) is 16.3. The van der Waals surface area contributed by atoms with Gasteiger partial charge in [-0.3, -0.25) is 14.9 Å². The van der Waals surface area contributed by atoms with Gasteiger partial charge >= 0.3 is 0 Å². The Morgan fingerprint density at radius 2 is 1.97 bits per heavy atom. The quantitative estimate of drug-likeness (QED) is 0.114. The molecule has 3 aromatic rings. The number of nitrogens with one attached hydrogen (secondary N) is 1. The molecule has 0 bridgehead atoms. The number of anilines is 1. The van der Waals surface area contributed by atoms with Crippen molar-refractivity contribution in [2.45, 2.75) is 6.61 Å². The van der Waals surface area contributed by atoms with E-state index in [2.05, 4.69) is 27.9 Å². The van der Waals surface area contributed by atoms with Gasteiger partial charge in [0, 0.05) is 12.1 Å². The van der Waals surface area contributed by atoms with Crippen molar-refractivity contribution >= 4 is 57.5 Å². The van der Waals surface area contributed by atoms with Crippen molar-refractivity contribution < 1.29 is 19.2 Å².